The predicted molar refractivity (Wildman–Crippen MR) is 140 cm³/mol. The summed E-state index contributed by atoms with van der Waals surface area (Å²) in [7, 11) is 0. The molecule has 38 heavy (non-hydrogen) atoms. The average molecular weight is 525 g/mol. The van der Waals surface area contributed by atoms with E-state index in [2.05, 4.69) is 31.1 Å². The van der Waals surface area contributed by atoms with Crippen molar-refractivity contribution in [2.75, 3.05) is 11.1 Å². The van der Waals surface area contributed by atoms with Crippen molar-refractivity contribution in [3.63, 3.8) is 0 Å². The Kier molecular flexibility index (Phi) is 6.14. The molecular weight excluding hydrogens is 504 g/mol. The van der Waals surface area contributed by atoms with E-state index >= 15 is 0 Å². The van der Waals surface area contributed by atoms with Crippen LogP contribution in [-0.4, -0.2) is 53.2 Å². The van der Waals surface area contributed by atoms with Crippen LogP contribution in [0.15, 0.2) is 78.0 Å². The molecule has 188 valence electrons. The molecule has 0 aliphatic carbocycles. The van der Waals surface area contributed by atoms with Crippen molar-refractivity contribution in [3.05, 3.63) is 89.7 Å². The molecule has 0 spiro atoms. The van der Waals surface area contributed by atoms with Gasteiger partial charge in [-0.25, -0.2) is 4.68 Å². The number of nitrogens with zero attached hydrogens (tertiary/aromatic N) is 6. The molecule has 6 rings (SSSR count). The number of thioether (sulfide) groups is 1. The number of amides is 3. The van der Waals surface area contributed by atoms with E-state index < -0.39 is 11.8 Å². The van der Waals surface area contributed by atoms with Crippen molar-refractivity contribution in [2.24, 2.45) is 0 Å². The maximum atomic E-state index is 12.6. The van der Waals surface area contributed by atoms with Gasteiger partial charge in [-0.1, -0.05) is 47.3 Å². The Hall–Kier alpha value is -4.84. The fourth-order valence-corrected chi connectivity index (χ4v) is 5.11. The van der Waals surface area contributed by atoms with Gasteiger partial charge in [-0.2, -0.15) is 0 Å². The molecule has 0 fully saturated rings. The molecule has 3 amide bonds. The van der Waals surface area contributed by atoms with Crippen LogP contribution in [0.1, 0.15) is 33.0 Å². The van der Waals surface area contributed by atoms with Crippen LogP contribution in [0.5, 0.6) is 0 Å². The largest absolute Gasteiger partial charge is 0.326 e. The van der Waals surface area contributed by atoms with Gasteiger partial charge in [0.2, 0.25) is 5.91 Å². The Morgan fingerprint density at radius 1 is 0.895 bits per heavy atom. The smallest absolute Gasteiger partial charge is 0.259 e. The van der Waals surface area contributed by atoms with Crippen molar-refractivity contribution in [3.8, 4) is 5.69 Å². The zero-order chi connectivity index (χ0) is 26.1. The topological polar surface area (TPSA) is 137 Å². The third kappa shape index (κ3) is 4.52. The summed E-state index contributed by atoms with van der Waals surface area (Å²) in [6, 6.07) is 22.1. The lowest BCUT2D eigenvalue weighted by atomic mass is 10.1. The van der Waals surface area contributed by atoms with E-state index in [1.165, 1.54) is 23.9 Å². The van der Waals surface area contributed by atoms with E-state index in [4.69, 9.17) is 0 Å². The minimum atomic E-state index is -0.466. The third-order valence-corrected chi connectivity index (χ3v) is 6.94. The second-order valence-corrected chi connectivity index (χ2v) is 9.56. The molecule has 0 radical (unpaired) electrons. The van der Waals surface area contributed by atoms with Crippen molar-refractivity contribution >= 4 is 46.2 Å². The van der Waals surface area contributed by atoms with Gasteiger partial charge in [0.1, 0.15) is 12.1 Å². The lowest BCUT2D eigenvalue weighted by molar-refractivity contribution is -0.115. The molecule has 0 saturated carbocycles. The summed E-state index contributed by atoms with van der Waals surface area (Å²) in [4.78, 5) is 36.2. The van der Waals surface area contributed by atoms with E-state index in [1.54, 1.807) is 10.7 Å². The number of fused-ring (bicyclic) bond motifs is 2. The summed E-state index contributed by atoms with van der Waals surface area (Å²) in [5.41, 5.74) is 3.61. The number of aromatic nitrogens is 6. The number of para-hydroxylation sites is 2. The summed E-state index contributed by atoms with van der Waals surface area (Å²) in [5, 5.41) is 23.0. The number of imide groups is 1. The first-order valence-corrected chi connectivity index (χ1v) is 12.8. The minimum Gasteiger partial charge on any atom is -0.326 e. The van der Waals surface area contributed by atoms with Crippen molar-refractivity contribution < 1.29 is 14.4 Å². The molecule has 11 nitrogen and oxygen atoms in total. The molecule has 1 aliphatic rings. The van der Waals surface area contributed by atoms with Gasteiger partial charge >= 0.3 is 0 Å². The highest BCUT2D eigenvalue weighted by molar-refractivity contribution is 7.99. The van der Waals surface area contributed by atoms with E-state index in [9.17, 15) is 14.4 Å². The molecule has 3 aromatic carbocycles. The van der Waals surface area contributed by atoms with Gasteiger partial charge in [-0.15, -0.1) is 15.3 Å². The fourth-order valence-electron chi connectivity index (χ4n) is 4.20. The summed E-state index contributed by atoms with van der Waals surface area (Å²) < 4.78 is 3.74. The van der Waals surface area contributed by atoms with Crippen LogP contribution in [0, 0.1) is 0 Å². The zero-order valence-corrected chi connectivity index (χ0v) is 20.7. The highest BCUT2D eigenvalue weighted by atomic mass is 32.2. The number of benzene rings is 3. The zero-order valence-electron chi connectivity index (χ0n) is 19.9. The maximum absolute atomic E-state index is 12.6. The molecule has 0 bridgehead atoms. The number of carbonyl (C=O) groups is 3. The van der Waals surface area contributed by atoms with E-state index in [1.807, 2.05) is 59.2 Å². The minimum absolute atomic E-state index is 0.206. The van der Waals surface area contributed by atoms with Crippen LogP contribution in [0.4, 0.5) is 5.69 Å². The van der Waals surface area contributed by atoms with Crippen LogP contribution in [-0.2, 0) is 11.3 Å². The van der Waals surface area contributed by atoms with Crippen LogP contribution >= 0.6 is 11.8 Å². The second kappa shape index (κ2) is 9.90. The van der Waals surface area contributed by atoms with Crippen molar-refractivity contribution in [2.45, 2.75) is 18.1 Å². The Balaban J connectivity index is 1.16. The Labute approximate surface area is 220 Å². The quantitative estimate of drug-likeness (QED) is 0.233. The molecular formula is C26H20N8O3S. The van der Waals surface area contributed by atoms with E-state index in [0.717, 1.165) is 16.7 Å². The molecule has 0 saturated heterocycles. The van der Waals surface area contributed by atoms with Gasteiger partial charge in [-0.3, -0.25) is 24.3 Å². The normalized spacial score (nSPS) is 12.5. The third-order valence-electron chi connectivity index (χ3n) is 6.01. The molecule has 0 atom stereocenters. The molecule has 2 N–H and O–H groups in total. The summed E-state index contributed by atoms with van der Waals surface area (Å²) in [6.07, 6.45) is 0.206. The Bertz CT molecular complexity index is 1700. The maximum Gasteiger partial charge on any atom is 0.259 e. The van der Waals surface area contributed by atoms with Crippen molar-refractivity contribution in [1.29, 1.82) is 0 Å². The van der Waals surface area contributed by atoms with Gasteiger partial charge in [0, 0.05) is 23.5 Å². The first kappa shape index (κ1) is 23.6. The second-order valence-electron chi connectivity index (χ2n) is 8.50. The number of hydrogen-bond acceptors (Lipinski definition) is 8. The van der Waals surface area contributed by atoms with Gasteiger partial charge in [-0.05, 0) is 42.5 Å². The summed E-state index contributed by atoms with van der Waals surface area (Å²) in [6.45, 7) is 0.373. The van der Waals surface area contributed by atoms with Gasteiger partial charge in [0.25, 0.3) is 11.8 Å². The average Bonchev–Trinajstić information content (AvgIpc) is 3.60. The fraction of sp³-hybridized carbons (Fsp3) is 0.115. The lowest BCUT2D eigenvalue weighted by Gasteiger charge is -2.10. The van der Waals surface area contributed by atoms with Crippen molar-refractivity contribution in [1.82, 2.24) is 35.1 Å². The number of hydrogen-bond donors (Lipinski definition) is 2. The highest BCUT2D eigenvalue weighted by Crippen LogP contribution is 2.25. The van der Waals surface area contributed by atoms with Crippen LogP contribution in [0.25, 0.3) is 16.7 Å². The number of anilines is 1. The number of carbonyl (C=O) groups excluding carboxylic acids is 3. The van der Waals surface area contributed by atoms with Crippen LogP contribution in [0.3, 0.4) is 0 Å². The van der Waals surface area contributed by atoms with Crippen LogP contribution in [0.2, 0.25) is 0 Å². The monoisotopic (exact) mass is 524 g/mol. The van der Waals surface area contributed by atoms with Gasteiger partial charge < -0.3 is 5.32 Å². The summed E-state index contributed by atoms with van der Waals surface area (Å²) >= 11 is 1.41. The first-order chi connectivity index (χ1) is 18.6. The predicted octanol–water partition coefficient (Wildman–Crippen LogP) is 3.06. The summed E-state index contributed by atoms with van der Waals surface area (Å²) in [5.74, 6) is 0.0179. The molecule has 0 unspecified atom stereocenters. The molecule has 1 aliphatic heterocycles. The Morgan fingerprint density at radius 2 is 1.68 bits per heavy atom. The first-order valence-electron chi connectivity index (χ1n) is 11.8. The van der Waals surface area contributed by atoms with Gasteiger partial charge in [0.05, 0.1) is 16.6 Å². The Morgan fingerprint density at radius 3 is 2.55 bits per heavy atom. The van der Waals surface area contributed by atoms with E-state index in [0.29, 0.717) is 34.5 Å². The van der Waals surface area contributed by atoms with Crippen LogP contribution < -0.4 is 10.6 Å². The van der Waals surface area contributed by atoms with Gasteiger partial charge in [0.15, 0.2) is 11.0 Å². The molecule has 3 heterocycles. The number of nitrogens with one attached hydrogen (secondary N) is 2. The van der Waals surface area contributed by atoms with E-state index in [-0.39, 0.29) is 17.9 Å². The number of rotatable bonds is 8. The lowest BCUT2D eigenvalue weighted by Crippen LogP contribution is -2.19. The molecule has 12 heteroatoms. The standard InChI is InChI=1S/C26H20N8O3S/c35-23(27-16-10-11-18-19(14-16)25(37)28-24(18)36)12-13-38-26-31-30-22(34(26)17-6-2-1-3-7-17)15-33-21-9-5-4-8-20(21)29-32-33/h1-11,14H,12-13,15H2,(H,27,35)(H,28,36,37). The molecule has 5 aromatic rings. The SMILES string of the molecule is O=C(CCSc1nnc(Cn2nnc3ccccc32)n1-c1ccccc1)Nc1ccc2c(c1)C(=O)NC2=O. The highest BCUT2D eigenvalue weighted by Gasteiger charge is 2.26. The molecule has 2 aromatic heterocycles.